The molecule has 0 saturated heterocycles. The monoisotopic (exact) mass is 352 g/mol. The van der Waals surface area contributed by atoms with Crippen molar-refractivity contribution in [1.82, 2.24) is 0 Å². The number of methoxy groups -OCH3 is 1. The first-order valence-corrected chi connectivity index (χ1v) is 8.03. The average molecular weight is 352 g/mol. The van der Waals surface area contributed by atoms with E-state index in [1.54, 1.807) is 31.4 Å². The predicted octanol–water partition coefficient (Wildman–Crippen LogP) is 3.16. The van der Waals surface area contributed by atoms with E-state index in [1.165, 1.54) is 0 Å². The molecule has 0 bridgehead atoms. The number of ether oxygens (including phenoxy) is 2. The number of hydrogen-bond donors (Lipinski definition) is 2. The van der Waals surface area contributed by atoms with Gasteiger partial charge in [0.15, 0.2) is 12.4 Å². The molecule has 2 heterocycles. The first-order chi connectivity index (χ1) is 12.7. The first-order valence-electron chi connectivity index (χ1n) is 8.03. The number of furan rings is 1. The van der Waals surface area contributed by atoms with Gasteiger partial charge in [-0.2, -0.15) is 0 Å². The lowest BCUT2D eigenvalue weighted by Crippen LogP contribution is -2.25. The Hall–Kier alpha value is -3.32. The minimum atomic E-state index is -0.392. The summed E-state index contributed by atoms with van der Waals surface area (Å²) in [7, 11) is 1.57. The van der Waals surface area contributed by atoms with E-state index in [1.807, 2.05) is 18.2 Å². The fourth-order valence-electron chi connectivity index (χ4n) is 2.92. The smallest absolute Gasteiger partial charge is 0.291 e. The molecular formula is C19H16N2O5. The van der Waals surface area contributed by atoms with E-state index >= 15 is 0 Å². The van der Waals surface area contributed by atoms with Gasteiger partial charge >= 0.3 is 0 Å². The number of para-hydroxylation sites is 1. The van der Waals surface area contributed by atoms with Crippen molar-refractivity contribution in [2.75, 3.05) is 24.4 Å². The Kier molecular flexibility index (Phi) is 4.06. The molecule has 1 aliphatic heterocycles. The van der Waals surface area contributed by atoms with Crippen LogP contribution >= 0.6 is 0 Å². The maximum atomic E-state index is 12.7. The molecule has 4 rings (SSSR count). The topological polar surface area (TPSA) is 89.8 Å². The van der Waals surface area contributed by atoms with E-state index in [-0.39, 0.29) is 24.9 Å². The van der Waals surface area contributed by atoms with Crippen LogP contribution in [-0.2, 0) is 16.1 Å². The SMILES string of the molecule is COCc1c(C(=O)Nc2ccc3c(c2)NC(=O)CO3)oc2ccccc12. The third-order valence-corrected chi connectivity index (χ3v) is 4.06. The van der Waals surface area contributed by atoms with Gasteiger partial charge in [-0.25, -0.2) is 0 Å². The molecule has 0 aliphatic carbocycles. The largest absolute Gasteiger partial charge is 0.482 e. The quantitative estimate of drug-likeness (QED) is 0.753. The summed E-state index contributed by atoms with van der Waals surface area (Å²) in [5, 5.41) is 6.33. The number of hydrogen-bond acceptors (Lipinski definition) is 5. The molecule has 0 saturated carbocycles. The van der Waals surface area contributed by atoms with Gasteiger partial charge in [0.25, 0.3) is 11.8 Å². The normalized spacial score (nSPS) is 13.0. The van der Waals surface area contributed by atoms with E-state index in [0.29, 0.717) is 28.3 Å². The molecule has 7 heteroatoms. The predicted molar refractivity (Wildman–Crippen MR) is 95.4 cm³/mol. The Morgan fingerprint density at radius 3 is 2.96 bits per heavy atom. The molecule has 1 aromatic heterocycles. The molecule has 2 amide bonds. The van der Waals surface area contributed by atoms with Crippen LogP contribution in [0.2, 0.25) is 0 Å². The third-order valence-electron chi connectivity index (χ3n) is 4.06. The van der Waals surface area contributed by atoms with Crippen LogP contribution in [-0.4, -0.2) is 25.5 Å². The fourth-order valence-corrected chi connectivity index (χ4v) is 2.92. The molecule has 3 aromatic rings. The lowest BCUT2D eigenvalue weighted by Gasteiger charge is -2.18. The number of anilines is 2. The molecule has 132 valence electrons. The maximum absolute atomic E-state index is 12.7. The van der Waals surface area contributed by atoms with E-state index in [9.17, 15) is 9.59 Å². The number of amides is 2. The van der Waals surface area contributed by atoms with E-state index in [0.717, 1.165) is 5.39 Å². The Morgan fingerprint density at radius 1 is 1.27 bits per heavy atom. The second-order valence-electron chi connectivity index (χ2n) is 5.84. The lowest BCUT2D eigenvalue weighted by molar-refractivity contribution is -0.118. The average Bonchev–Trinajstić information content (AvgIpc) is 3.01. The second kappa shape index (κ2) is 6.53. The van der Waals surface area contributed by atoms with Gasteiger partial charge in [0, 0.05) is 23.7 Å². The zero-order valence-electron chi connectivity index (χ0n) is 14.0. The summed E-state index contributed by atoms with van der Waals surface area (Å²) in [6, 6.07) is 12.4. The van der Waals surface area contributed by atoms with Crippen molar-refractivity contribution in [2.24, 2.45) is 0 Å². The highest BCUT2D eigenvalue weighted by molar-refractivity contribution is 6.07. The number of carbonyl (C=O) groups excluding carboxylic acids is 2. The van der Waals surface area contributed by atoms with Crippen LogP contribution in [0.4, 0.5) is 11.4 Å². The first kappa shape index (κ1) is 16.2. The van der Waals surface area contributed by atoms with Crippen molar-refractivity contribution in [2.45, 2.75) is 6.61 Å². The van der Waals surface area contributed by atoms with Crippen molar-refractivity contribution < 1.29 is 23.5 Å². The lowest BCUT2D eigenvalue weighted by atomic mass is 10.1. The molecule has 0 unspecified atom stereocenters. The second-order valence-corrected chi connectivity index (χ2v) is 5.84. The van der Waals surface area contributed by atoms with Gasteiger partial charge in [-0.3, -0.25) is 9.59 Å². The molecule has 0 radical (unpaired) electrons. The summed E-state index contributed by atoms with van der Waals surface area (Å²) in [5.74, 6) is 0.134. The van der Waals surface area contributed by atoms with Crippen LogP contribution in [0.25, 0.3) is 11.0 Å². The van der Waals surface area contributed by atoms with Gasteiger partial charge in [-0.05, 0) is 24.3 Å². The van der Waals surface area contributed by atoms with Gasteiger partial charge < -0.3 is 24.5 Å². The minimum absolute atomic E-state index is 0.0158. The van der Waals surface area contributed by atoms with Crippen LogP contribution in [0.5, 0.6) is 5.75 Å². The maximum Gasteiger partial charge on any atom is 0.291 e. The number of carbonyl (C=O) groups is 2. The zero-order valence-corrected chi connectivity index (χ0v) is 14.0. The van der Waals surface area contributed by atoms with Gasteiger partial charge in [0.05, 0.1) is 12.3 Å². The molecular weight excluding hydrogens is 336 g/mol. The Bertz CT molecular complexity index is 1010. The van der Waals surface area contributed by atoms with E-state index < -0.39 is 5.91 Å². The number of rotatable bonds is 4. The van der Waals surface area contributed by atoms with Crippen LogP contribution in [0.15, 0.2) is 46.9 Å². The molecule has 2 aromatic carbocycles. The highest BCUT2D eigenvalue weighted by Gasteiger charge is 2.21. The summed E-state index contributed by atoms with van der Waals surface area (Å²) >= 11 is 0. The van der Waals surface area contributed by atoms with Gasteiger partial charge in [0.2, 0.25) is 0 Å². The summed E-state index contributed by atoms with van der Waals surface area (Å²) < 4.78 is 16.3. The van der Waals surface area contributed by atoms with Gasteiger partial charge in [-0.1, -0.05) is 18.2 Å². The highest BCUT2D eigenvalue weighted by Crippen LogP contribution is 2.31. The third kappa shape index (κ3) is 2.89. The molecule has 0 atom stereocenters. The Labute approximate surface area is 148 Å². The summed E-state index contributed by atoms with van der Waals surface area (Å²) in [6.07, 6.45) is 0. The Balaban J connectivity index is 1.64. The minimum Gasteiger partial charge on any atom is -0.482 e. The number of benzene rings is 2. The highest BCUT2D eigenvalue weighted by atomic mass is 16.5. The zero-order chi connectivity index (χ0) is 18.1. The van der Waals surface area contributed by atoms with Gasteiger partial charge in [-0.15, -0.1) is 0 Å². The van der Waals surface area contributed by atoms with Crippen LogP contribution in [0.3, 0.4) is 0 Å². The van der Waals surface area contributed by atoms with Crippen molar-refractivity contribution >= 4 is 34.2 Å². The van der Waals surface area contributed by atoms with Crippen molar-refractivity contribution in [3.63, 3.8) is 0 Å². The summed E-state index contributed by atoms with van der Waals surface area (Å²) in [5.41, 5.74) is 2.34. The van der Waals surface area contributed by atoms with Crippen molar-refractivity contribution in [3.05, 3.63) is 53.8 Å². The number of nitrogens with one attached hydrogen (secondary N) is 2. The number of fused-ring (bicyclic) bond motifs is 2. The van der Waals surface area contributed by atoms with E-state index in [2.05, 4.69) is 10.6 Å². The molecule has 0 spiro atoms. The van der Waals surface area contributed by atoms with Crippen molar-refractivity contribution in [3.8, 4) is 5.75 Å². The summed E-state index contributed by atoms with van der Waals surface area (Å²) in [4.78, 5) is 24.2. The molecule has 26 heavy (non-hydrogen) atoms. The standard InChI is InChI=1S/C19H16N2O5/c1-24-9-13-12-4-2-3-5-15(12)26-18(13)19(23)20-11-6-7-16-14(8-11)21-17(22)10-25-16/h2-8H,9-10H2,1H3,(H,20,23)(H,21,22). The van der Waals surface area contributed by atoms with Crippen LogP contribution < -0.4 is 15.4 Å². The summed E-state index contributed by atoms with van der Waals surface area (Å²) in [6.45, 7) is 0.242. The molecule has 0 fully saturated rings. The molecule has 1 aliphatic rings. The van der Waals surface area contributed by atoms with Gasteiger partial charge in [0.1, 0.15) is 11.3 Å². The van der Waals surface area contributed by atoms with Crippen LogP contribution in [0.1, 0.15) is 16.1 Å². The molecule has 7 nitrogen and oxygen atoms in total. The van der Waals surface area contributed by atoms with Crippen LogP contribution in [0, 0.1) is 0 Å². The van der Waals surface area contributed by atoms with E-state index in [4.69, 9.17) is 13.9 Å². The van der Waals surface area contributed by atoms with Crippen molar-refractivity contribution in [1.29, 1.82) is 0 Å². The fraction of sp³-hybridized carbons (Fsp3) is 0.158. The Morgan fingerprint density at radius 2 is 2.12 bits per heavy atom. The molecule has 2 N–H and O–H groups in total.